The molecule has 0 unspecified atom stereocenters. The number of rotatable bonds is 2. The van der Waals surface area contributed by atoms with E-state index in [1.807, 2.05) is 56.1 Å². The van der Waals surface area contributed by atoms with Gasteiger partial charge in [0, 0.05) is 24.3 Å². The van der Waals surface area contributed by atoms with Crippen LogP contribution in [0.2, 0.25) is 0 Å². The molecule has 0 saturated heterocycles. The molecular formula is C17H21N3O2. The van der Waals surface area contributed by atoms with Gasteiger partial charge in [0.25, 0.3) is 5.91 Å². The molecule has 3 rings (SSSR count). The molecule has 2 aromatic rings. The Labute approximate surface area is 130 Å². The summed E-state index contributed by atoms with van der Waals surface area (Å²) in [5.41, 5.74) is 1.52. The molecule has 1 aromatic carbocycles. The minimum Gasteiger partial charge on any atom is -0.489 e. The van der Waals surface area contributed by atoms with Gasteiger partial charge in [-0.25, -0.2) is 0 Å². The lowest BCUT2D eigenvalue weighted by atomic mass is 10.2. The van der Waals surface area contributed by atoms with Gasteiger partial charge in [0.2, 0.25) is 0 Å². The molecule has 0 saturated carbocycles. The maximum Gasteiger partial charge on any atom is 0.274 e. The van der Waals surface area contributed by atoms with E-state index in [1.165, 1.54) is 0 Å². The van der Waals surface area contributed by atoms with Crippen molar-refractivity contribution in [1.29, 1.82) is 0 Å². The van der Waals surface area contributed by atoms with E-state index in [2.05, 4.69) is 5.10 Å². The Morgan fingerprint density at radius 2 is 2.09 bits per heavy atom. The zero-order valence-corrected chi connectivity index (χ0v) is 13.2. The van der Waals surface area contributed by atoms with Crippen molar-refractivity contribution >= 4 is 5.91 Å². The summed E-state index contributed by atoms with van der Waals surface area (Å²) in [4.78, 5) is 14.5. The van der Waals surface area contributed by atoms with Gasteiger partial charge < -0.3 is 9.64 Å². The van der Waals surface area contributed by atoms with Crippen LogP contribution in [0.1, 0.15) is 42.9 Å². The molecular weight excluding hydrogens is 278 g/mol. The molecule has 1 amide bonds. The van der Waals surface area contributed by atoms with Gasteiger partial charge in [-0.2, -0.15) is 5.10 Å². The van der Waals surface area contributed by atoms with E-state index in [0.717, 1.165) is 11.3 Å². The Morgan fingerprint density at radius 1 is 1.32 bits per heavy atom. The van der Waals surface area contributed by atoms with E-state index in [1.54, 1.807) is 10.7 Å². The maximum absolute atomic E-state index is 12.7. The summed E-state index contributed by atoms with van der Waals surface area (Å²) in [6.45, 7) is 7.17. The van der Waals surface area contributed by atoms with Crippen molar-refractivity contribution in [3.63, 3.8) is 0 Å². The normalized spacial score (nSPS) is 17.8. The Bertz CT molecular complexity index is 678. The average Bonchev–Trinajstić information content (AvgIpc) is 2.91. The summed E-state index contributed by atoms with van der Waals surface area (Å²) in [6.07, 6.45) is 1.81. The first-order valence-corrected chi connectivity index (χ1v) is 7.63. The second-order valence-corrected chi connectivity index (χ2v) is 6.00. The van der Waals surface area contributed by atoms with Crippen LogP contribution in [-0.4, -0.2) is 33.2 Å². The van der Waals surface area contributed by atoms with E-state index in [9.17, 15) is 4.79 Å². The maximum atomic E-state index is 12.7. The SMILES string of the molecule is CC(C)n1ccc(C(=O)N2Cc3ccccc3O[C@H](C)C2)n1. The predicted octanol–water partition coefficient (Wildman–Crippen LogP) is 2.89. The third-order valence-electron chi connectivity index (χ3n) is 3.78. The van der Waals surface area contributed by atoms with Gasteiger partial charge in [0.15, 0.2) is 0 Å². The molecule has 2 heterocycles. The molecule has 1 atom stereocenters. The molecule has 1 aliphatic rings. The fraction of sp³-hybridized carbons (Fsp3) is 0.412. The van der Waals surface area contributed by atoms with Gasteiger partial charge in [0.1, 0.15) is 17.5 Å². The number of ether oxygens (including phenoxy) is 1. The summed E-state index contributed by atoms with van der Waals surface area (Å²) >= 11 is 0. The Morgan fingerprint density at radius 3 is 2.82 bits per heavy atom. The zero-order chi connectivity index (χ0) is 15.7. The fourth-order valence-corrected chi connectivity index (χ4v) is 2.64. The lowest BCUT2D eigenvalue weighted by molar-refractivity contribution is 0.0683. The highest BCUT2D eigenvalue weighted by atomic mass is 16.5. The molecule has 0 N–H and O–H groups in total. The number of nitrogens with zero attached hydrogens (tertiary/aromatic N) is 3. The lowest BCUT2D eigenvalue weighted by Crippen LogP contribution is -2.36. The van der Waals surface area contributed by atoms with Crippen LogP contribution in [0.4, 0.5) is 0 Å². The molecule has 22 heavy (non-hydrogen) atoms. The first-order chi connectivity index (χ1) is 10.5. The Hall–Kier alpha value is -2.30. The number of para-hydroxylation sites is 1. The molecule has 0 bridgehead atoms. The fourth-order valence-electron chi connectivity index (χ4n) is 2.64. The van der Waals surface area contributed by atoms with Crippen LogP contribution in [0.25, 0.3) is 0 Å². The minimum atomic E-state index is -0.0495. The highest BCUT2D eigenvalue weighted by Crippen LogP contribution is 2.25. The van der Waals surface area contributed by atoms with Gasteiger partial charge in [-0.1, -0.05) is 18.2 Å². The number of amides is 1. The monoisotopic (exact) mass is 299 g/mol. The molecule has 0 radical (unpaired) electrons. The van der Waals surface area contributed by atoms with E-state index >= 15 is 0 Å². The molecule has 5 nitrogen and oxygen atoms in total. The largest absolute Gasteiger partial charge is 0.489 e. The van der Waals surface area contributed by atoms with Crippen LogP contribution < -0.4 is 4.74 Å². The molecule has 5 heteroatoms. The van der Waals surface area contributed by atoms with Crippen molar-refractivity contribution in [1.82, 2.24) is 14.7 Å². The van der Waals surface area contributed by atoms with Crippen molar-refractivity contribution < 1.29 is 9.53 Å². The second-order valence-electron chi connectivity index (χ2n) is 6.00. The average molecular weight is 299 g/mol. The van der Waals surface area contributed by atoms with Crippen LogP contribution in [0.3, 0.4) is 0 Å². The Kier molecular flexibility index (Phi) is 3.88. The van der Waals surface area contributed by atoms with Crippen LogP contribution in [0.5, 0.6) is 5.75 Å². The van der Waals surface area contributed by atoms with Crippen LogP contribution >= 0.6 is 0 Å². The second kappa shape index (κ2) is 5.83. The highest BCUT2D eigenvalue weighted by molar-refractivity contribution is 5.92. The van der Waals surface area contributed by atoms with Crippen molar-refractivity contribution in [2.24, 2.45) is 0 Å². The molecule has 0 fully saturated rings. The molecule has 1 aromatic heterocycles. The van der Waals surface area contributed by atoms with E-state index in [0.29, 0.717) is 18.8 Å². The number of fused-ring (bicyclic) bond motifs is 1. The quantitative estimate of drug-likeness (QED) is 0.856. The predicted molar refractivity (Wildman–Crippen MR) is 83.9 cm³/mol. The topological polar surface area (TPSA) is 47.4 Å². The summed E-state index contributed by atoms with van der Waals surface area (Å²) in [7, 11) is 0. The molecule has 116 valence electrons. The number of hydrogen-bond donors (Lipinski definition) is 0. The summed E-state index contributed by atoms with van der Waals surface area (Å²) in [6, 6.07) is 9.90. The minimum absolute atomic E-state index is 0.0419. The smallest absolute Gasteiger partial charge is 0.274 e. The van der Waals surface area contributed by atoms with E-state index in [-0.39, 0.29) is 18.1 Å². The number of carbonyl (C=O) groups excluding carboxylic acids is 1. The summed E-state index contributed by atoms with van der Waals surface area (Å²) in [5, 5.41) is 4.38. The Balaban J connectivity index is 1.85. The van der Waals surface area contributed by atoms with E-state index < -0.39 is 0 Å². The van der Waals surface area contributed by atoms with Crippen molar-refractivity contribution in [2.45, 2.75) is 39.5 Å². The highest BCUT2D eigenvalue weighted by Gasteiger charge is 2.25. The number of benzene rings is 1. The third-order valence-corrected chi connectivity index (χ3v) is 3.78. The number of hydrogen-bond acceptors (Lipinski definition) is 3. The summed E-state index contributed by atoms with van der Waals surface area (Å²) < 4.78 is 7.70. The zero-order valence-electron chi connectivity index (χ0n) is 13.2. The van der Waals surface area contributed by atoms with Gasteiger partial charge in [-0.05, 0) is 32.9 Å². The van der Waals surface area contributed by atoms with Gasteiger partial charge in [-0.3, -0.25) is 9.48 Å². The van der Waals surface area contributed by atoms with Gasteiger partial charge in [-0.15, -0.1) is 0 Å². The van der Waals surface area contributed by atoms with Crippen molar-refractivity contribution in [3.05, 3.63) is 47.8 Å². The summed E-state index contributed by atoms with van der Waals surface area (Å²) in [5.74, 6) is 0.810. The molecule has 0 spiro atoms. The lowest BCUT2D eigenvalue weighted by Gasteiger charge is -2.21. The van der Waals surface area contributed by atoms with Crippen LogP contribution in [0.15, 0.2) is 36.5 Å². The van der Waals surface area contributed by atoms with Crippen molar-refractivity contribution in [2.75, 3.05) is 6.54 Å². The van der Waals surface area contributed by atoms with Crippen LogP contribution in [0, 0.1) is 0 Å². The van der Waals surface area contributed by atoms with E-state index in [4.69, 9.17) is 4.74 Å². The number of carbonyl (C=O) groups is 1. The van der Waals surface area contributed by atoms with Gasteiger partial charge in [0.05, 0.1) is 6.54 Å². The standard InChI is InChI=1S/C17H21N3O2/c1-12(2)20-9-8-15(18-20)17(21)19-10-13(3)22-16-7-5-4-6-14(16)11-19/h4-9,12-13H,10-11H2,1-3H3/t13-/m1/s1. The first-order valence-electron chi connectivity index (χ1n) is 7.63. The molecule has 0 aliphatic carbocycles. The third kappa shape index (κ3) is 2.84. The van der Waals surface area contributed by atoms with Crippen molar-refractivity contribution in [3.8, 4) is 5.75 Å². The molecule has 1 aliphatic heterocycles. The number of aromatic nitrogens is 2. The van der Waals surface area contributed by atoms with Crippen LogP contribution in [-0.2, 0) is 6.54 Å². The van der Waals surface area contributed by atoms with Gasteiger partial charge >= 0.3 is 0 Å². The first kappa shape index (κ1) is 14.6.